The number of guanidine groups is 1. The fourth-order valence-electron chi connectivity index (χ4n) is 3.11. The van der Waals surface area contributed by atoms with E-state index in [1.165, 1.54) is 0 Å². The summed E-state index contributed by atoms with van der Waals surface area (Å²) in [7, 11) is 3.55. The second kappa shape index (κ2) is 7.33. The number of carbonyl (C=O) groups is 1. The number of methoxy groups -OCH3 is 1. The number of nitrogens with zero attached hydrogens (tertiary/aromatic N) is 1. The quantitative estimate of drug-likeness (QED) is 0.362. The first kappa shape index (κ1) is 19.5. The third kappa shape index (κ3) is 3.67. The Morgan fingerprint density at radius 2 is 2.05 bits per heavy atom. The average Bonchev–Trinajstić information content (AvgIpc) is 2.47. The molecule has 2 aliphatic rings. The van der Waals surface area contributed by atoms with Crippen LogP contribution in [0, 0.1) is 5.41 Å². The summed E-state index contributed by atoms with van der Waals surface area (Å²) in [5.41, 5.74) is -0.0531. The van der Waals surface area contributed by atoms with E-state index in [9.17, 15) is 4.79 Å². The number of carbonyl (C=O) groups excluding carboxylic acids is 1. The predicted molar refractivity (Wildman–Crippen MR) is 98.7 cm³/mol. The molecule has 22 heavy (non-hydrogen) atoms. The van der Waals surface area contributed by atoms with Crippen molar-refractivity contribution in [2.75, 3.05) is 20.7 Å². The molecule has 1 saturated carbocycles. The first-order valence-corrected chi connectivity index (χ1v) is 7.64. The van der Waals surface area contributed by atoms with Gasteiger partial charge in [-0.2, -0.15) is 0 Å². The lowest BCUT2D eigenvalue weighted by atomic mass is 9.56. The van der Waals surface area contributed by atoms with Crippen LogP contribution in [-0.4, -0.2) is 50.3 Å². The first-order valence-electron chi connectivity index (χ1n) is 7.64. The molecule has 0 aromatic heterocycles. The summed E-state index contributed by atoms with van der Waals surface area (Å²) in [5, 5.41) is 9.76. The highest BCUT2D eigenvalue weighted by atomic mass is 127. The Bertz CT molecular complexity index is 431. The zero-order valence-corrected chi connectivity index (χ0v) is 16.5. The van der Waals surface area contributed by atoms with Crippen LogP contribution in [0.1, 0.15) is 40.0 Å². The van der Waals surface area contributed by atoms with Crippen LogP contribution in [-0.2, 0) is 9.53 Å². The number of amides is 1. The molecule has 1 heterocycles. The van der Waals surface area contributed by atoms with E-state index in [2.05, 4.69) is 41.7 Å². The van der Waals surface area contributed by atoms with Crippen molar-refractivity contribution >= 4 is 35.8 Å². The molecule has 0 radical (unpaired) electrons. The van der Waals surface area contributed by atoms with Gasteiger partial charge in [-0.3, -0.25) is 9.79 Å². The lowest BCUT2D eigenvalue weighted by Crippen LogP contribution is -2.70. The first-order chi connectivity index (χ1) is 9.82. The molecule has 0 aromatic carbocycles. The van der Waals surface area contributed by atoms with Gasteiger partial charge >= 0.3 is 0 Å². The standard InChI is InChI=1S/C15H28N4O2.HI/c1-14(2)11(8-15(14,3)21-5)19-13(16-4)18-10-6-7-12(20)17-9-10;/h10-11H,6-9H2,1-5H3,(H,17,20)(H2,16,18,19);1H. The van der Waals surface area contributed by atoms with E-state index in [4.69, 9.17) is 4.74 Å². The zero-order chi connectivity index (χ0) is 15.7. The molecule has 3 atom stereocenters. The van der Waals surface area contributed by atoms with Gasteiger partial charge in [0, 0.05) is 44.6 Å². The second-order valence-corrected chi connectivity index (χ2v) is 6.81. The van der Waals surface area contributed by atoms with Crippen molar-refractivity contribution in [1.29, 1.82) is 0 Å². The molecule has 1 amide bonds. The maximum Gasteiger partial charge on any atom is 0.220 e. The molecule has 1 aliphatic carbocycles. The molecule has 3 N–H and O–H groups in total. The van der Waals surface area contributed by atoms with Gasteiger partial charge in [-0.25, -0.2) is 0 Å². The highest BCUT2D eigenvalue weighted by Gasteiger charge is 2.58. The van der Waals surface area contributed by atoms with E-state index in [1.807, 2.05) is 0 Å². The summed E-state index contributed by atoms with van der Waals surface area (Å²) < 4.78 is 5.65. The minimum atomic E-state index is -0.0949. The molecule has 7 heteroatoms. The van der Waals surface area contributed by atoms with Crippen LogP contribution in [0.2, 0.25) is 0 Å². The minimum absolute atomic E-state index is 0. The summed E-state index contributed by atoms with van der Waals surface area (Å²) in [6, 6.07) is 0.567. The lowest BCUT2D eigenvalue weighted by molar-refractivity contribution is -0.176. The third-order valence-corrected chi connectivity index (χ3v) is 5.42. The molecule has 1 aliphatic heterocycles. The van der Waals surface area contributed by atoms with E-state index in [0.29, 0.717) is 19.0 Å². The van der Waals surface area contributed by atoms with Crippen molar-refractivity contribution in [3.8, 4) is 0 Å². The van der Waals surface area contributed by atoms with Crippen molar-refractivity contribution in [2.24, 2.45) is 10.4 Å². The van der Waals surface area contributed by atoms with Crippen molar-refractivity contribution in [2.45, 2.75) is 57.7 Å². The molecule has 1 saturated heterocycles. The van der Waals surface area contributed by atoms with Crippen LogP contribution in [0.4, 0.5) is 0 Å². The van der Waals surface area contributed by atoms with Crippen molar-refractivity contribution < 1.29 is 9.53 Å². The Kier molecular flexibility index (Phi) is 6.49. The SMILES string of the molecule is CN=C(NC1CCC(=O)NC1)NC1CC(C)(OC)C1(C)C.I. The summed E-state index contributed by atoms with van der Waals surface area (Å²) in [6.45, 7) is 7.24. The highest BCUT2D eigenvalue weighted by molar-refractivity contribution is 14.0. The predicted octanol–water partition coefficient (Wildman–Crippen LogP) is 1.25. The summed E-state index contributed by atoms with van der Waals surface area (Å²) in [6.07, 6.45) is 2.38. The van der Waals surface area contributed by atoms with E-state index in [0.717, 1.165) is 18.8 Å². The number of hydrogen-bond acceptors (Lipinski definition) is 3. The van der Waals surface area contributed by atoms with E-state index in [-0.39, 0.29) is 46.9 Å². The van der Waals surface area contributed by atoms with Crippen molar-refractivity contribution in [3.05, 3.63) is 0 Å². The molecule has 0 aromatic rings. The molecule has 6 nitrogen and oxygen atoms in total. The van der Waals surface area contributed by atoms with Crippen molar-refractivity contribution in [1.82, 2.24) is 16.0 Å². The van der Waals surface area contributed by atoms with E-state index >= 15 is 0 Å². The number of rotatable bonds is 3. The van der Waals surface area contributed by atoms with Gasteiger partial charge in [-0.05, 0) is 19.8 Å². The third-order valence-electron chi connectivity index (χ3n) is 5.42. The van der Waals surface area contributed by atoms with Gasteiger partial charge < -0.3 is 20.7 Å². The Balaban J connectivity index is 0.00000242. The molecule has 0 bridgehead atoms. The Morgan fingerprint density at radius 1 is 1.36 bits per heavy atom. The van der Waals surface area contributed by atoms with Gasteiger partial charge in [0.2, 0.25) is 5.91 Å². The smallest absolute Gasteiger partial charge is 0.220 e. The number of halogens is 1. The fraction of sp³-hybridized carbons (Fsp3) is 0.867. The van der Waals surface area contributed by atoms with Crippen LogP contribution >= 0.6 is 24.0 Å². The number of hydrogen-bond donors (Lipinski definition) is 3. The van der Waals surface area contributed by atoms with Crippen LogP contribution in [0.3, 0.4) is 0 Å². The number of aliphatic imine (C=N–C) groups is 1. The van der Waals surface area contributed by atoms with Crippen LogP contribution in [0.15, 0.2) is 4.99 Å². The zero-order valence-electron chi connectivity index (χ0n) is 14.2. The fourth-order valence-corrected chi connectivity index (χ4v) is 3.11. The summed E-state index contributed by atoms with van der Waals surface area (Å²) in [5.74, 6) is 0.930. The van der Waals surface area contributed by atoms with Crippen LogP contribution in [0.25, 0.3) is 0 Å². The highest BCUT2D eigenvalue weighted by Crippen LogP contribution is 2.51. The number of nitrogens with one attached hydrogen (secondary N) is 3. The van der Waals surface area contributed by atoms with Gasteiger partial charge in [-0.15, -0.1) is 24.0 Å². The maximum absolute atomic E-state index is 11.2. The van der Waals surface area contributed by atoms with Gasteiger partial charge in [0.1, 0.15) is 0 Å². The average molecular weight is 424 g/mol. The number of ether oxygens (including phenoxy) is 1. The largest absolute Gasteiger partial charge is 0.378 e. The Morgan fingerprint density at radius 3 is 2.50 bits per heavy atom. The summed E-state index contributed by atoms with van der Waals surface area (Å²) >= 11 is 0. The maximum atomic E-state index is 11.2. The van der Waals surface area contributed by atoms with Gasteiger partial charge in [0.25, 0.3) is 0 Å². The molecular weight excluding hydrogens is 395 g/mol. The number of piperidine rings is 1. The molecule has 128 valence electrons. The van der Waals surface area contributed by atoms with E-state index in [1.54, 1.807) is 14.2 Å². The summed E-state index contributed by atoms with van der Waals surface area (Å²) in [4.78, 5) is 15.5. The van der Waals surface area contributed by atoms with Gasteiger partial charge in [0.15, 0.2) is 5.96 Å². The van der Waals surface area contributed by atoms with Crippen molar-refractivity contribution in [3.63, 3.8) is 0 Å². The molecule has 2 fully saturated rings. The molecule has 0 spiro atoms. The van der Waals surface area contributed by atoms with Crippen LogP contribution < -0.4 is 16.0 Å². The van der Waals surface area contributed by atoms with Gasteiger partial charge in [0.05, 0.1) is 5.60 Å². The topological polar surface area (TPSA) is 74.8 Å². The molecule has 2 rings (SSSR count). The molecule has 3 unspecified atom stereocenters. The van der Waals surface area contributed by atoms with E-state index < -0.39 is 0 Å². The monoisotopic (exact) mass is 424 g/mol. The van der Waals surface area contributed by atoms with Crippen LogP contribution in [0.5, 0.6) is 0 Å². The second-order valence-electron chi connectivity index (χ2n) is 6.81. The Labute approximate surface area is 150 Å². The Hall–Kier alpha value is -0.570. The normalized spacial score (nSPS) is 34.0. The van der Waals surface area contributed by atoms with Gasteiger partial charge in [-0.1, -0.05) is 13.8 Å². The molecular formula is C15H29IN4O2. The minimum Gasteiger partial charge on any atom is -0.378 e. The lowest BCUT2D eigenvalue weighted by Gasteiger charge is -2.59.